The summed E-state index contributed by atoms with van der Waals surface area (Å²) in [5.74, 6) is -0.518. The number of nitrogens with one attached hydrogen (secondary N) is 1. The number of thioether (sulfide) groups is 1. The Balaban J connectivity index is 2.89. The molecular formula is C12H18BrN3O3S. The van der Waals surface area contributed by atoms with Crippen molar-refractivity contribution in [2.75, 3.05) is 25.2 Å². The quantitative estimate of drug-likeness (QED) is 0.775. The Morgan fingerprint density at radius 1 is 1.60 bits per heavy atom. The van der Waals surface area contributed by atoms with E-state index in [4.69, 9.17) is 0 Å². The van der Waals surface area contributed by atoms with Crippen molar-refractivity contribution < 1.29 is 9.53 Å². The van der Waals surface area contributed by atoms with Crippen molar-refractivity contribution in [3.8, 4) is 0 Å². The number of methoxy groups -OCH3 is 1. The molecule has 0 aliphatic heterocycles. The second-order valence-electron chi connectivity index (χ2n) is 4.73. The average molecular weight is 364 g/mol. The van der Waals surface area contributed by atoms with E-state index in [-0.39, 0.29) is 16.9 Å². The normalized spacial score (nSPS) is 11.2. The van der Waals surface area contributed by atoms with E-state index < -0.39 is 5.97 Å². The monoisotopic (exact) mass is 363 g/mol. The van der Waals surface area contributed by atoms with Crippen molar-refractivity contribution in [1.29, 1.82) is 0 Å². The third-order valence-electron chi connectivity index (χ3n) is 2.75. The molecule has 0 fully saturated rings. The molecule has 0 saturated carbocycles. The SMILES string of the molecule is COC(=O)Cn1ncc(NCC(C)(C)SC)c(Br)c1=O. The Labute approximate surface area is 130 Å². The molecule has 1 rings (SSSR count). The van der Waals surface area contributed by atoms with Crippen molar-refractivity contribution in [2.24, 2.45) is 0 Å². The van der Waals surface area contributed by atoms with Gasteiger partial charge in [0.25, 0.3) is 5.56 Å². The zero-order valence-corrected chi connectivity index (χ0v) is 14.3. The largest absolute Gasteiger partial charge is 0.468 e. The van der Waals surface area contributed by atoms with Crippen LogP contribution in [0.25, 0.3) is 0 Å². The maximum absolute atomic E-state index is 12.0. The predicted molar refractivity (Wildman–Crippen MR) is 84.3 cm³/mol. The van der Waals surface area contributed by atoms with E-state index in [1.807, 2.05) is 6.26 Å². The van der Waals surface area contributed by atoms with E-state index in [0.29, 0.717) is 16.7 Å². The van der Waals surface area contributed by atoms with E-state index in [1.54, 1.807) is 11.8 Å². The van der Waals surface area contributed by atoms with Crippen LogP contribution in [-0.2, 0) is 16.1 Å². The maximum Gasteiger partial charge on any atom is 0.327 e. The van der Waals surface area contributed by atoms with Crippen molar-refractivity contribution >= 4 is 39.3 Å². The number of aromatic nitrogens is 2. The molecule has 0 aromatic carbocycles. The molecule has 20 heavy (non-hydrogen) atoms. The summed E-state index contributed by atoms with van der Waals surface area (Å²) in [5, 5.41) is 7.14. The molecule has 0 aliphatic carbocycles. The lowest BCUT2D eigenvalue weighted by Gasteiger charge is -2.23. The van der Waals surface area contributed by atoms with Crippen LogP contribution in [0, 0.1) is 0 Å². The zero-order valence-electron chi connectivity index (χ0n) is 11.9. The lowest BCUT2D eigenvalue weighted by atomic mass is 10.2. The number of nitrogens with zero attached hydrogens (tertiary/aromatic N) is 2. The number of ether oxygens (including phenoxy) is 1. The molecule has 0 unspecified atom stereocenters. The predicted octanol–water partition coefficient (Wildman–Crippen LogP) is 1.73. The van der Waals surface area contributed by atoms with Gasteiger partial charge in [-0.15, -0.1) is 0 Å². The zero-order chi connectivity index (χ0) is 15.3. The van der Waals surface area contributed by atoms with Crippen LogP contribution in [0.15, 0.2) is 15.5 Å². The first-order valence-electron chi connectivity index (χ1n) is 5.92. The van der Waals surface area contributed by atoms with Crippen molar-refractivity contribution in [3.05, 3.63) is 21.0 Å². The third-order valence-corrected chi connectivity index (χ3v) is 4.76. The minimum Gasteiger partial charge on any atom is -0.468 e. The molecule has 0 radical (unpaired) electrons. The molecule has 0 aliphatic rings. The van der Waals surface area contributed by atoms with E-state index in [9.17, 15) is 9.59 Å². The fourth-order valence-corrected chi connectivity index (χ4v) is 1.93. The topological polar surface area (TPSA) is 73.2 Å². The summed E-state index contributed by atoms with van der Waals surface area (Å²) in [6.07, 6.45) is 3.55. The summed E-state index contributed by atoms with van der Waals surface area (Å²) in [6.45, 7) is 4.69. The van der Waals surface area contributed by atoms with Crippen LogP contribution in [0.3, 0.4) is 0 Å². The Morgan fingerprint density at radius 2 is 2.25 bits per heavy atom. The lowest BCUT2D eigenvalue weighted by Crippen LogP contribution is -2.30. The van der Waals surface area contributed by atoms with Gasteiger partial charge in [-0.3, -0.25) is 9.59 Å². The van der Waals surface area contributed by atoms with Gasteiger partial charge in [0, 0.05) is 11.3 Å². The number of carbonyl (C=O) groups is 1. The van der Waals surface area contributed by atoms with Crippen LogP contribution in [0.4, 0.5) is 5.69 Å². The van der Waals surface area contributed by atoms with Gasteiger partial charge in [0.15, 0.2) is 0 Å². The first-order chi connectivity index (χ1) is 9.30. The number of anilines is 1. The second kappa shape index (κ2) is 7.12. The molecule has 1 N–H and O–H groups in total. The Bertz CT molecular complexity index is 545. The number of esters is 1. The summed E-state index contributed by atoms with van der Waals surface area (Å²) in [4.78, 5) is 23.2. The molecule has 0 amide bonds. The highest BCUT2D eigenvalue weighted by atomic mass is 79.9. The molecule has 1 heterocycles. The number of halogens is 1. The Morgan fingerprint density at radius 3 is 2.80 bits per heavy atom. The van der Waals surface area contributed by atoms with Crippen LogP contribution in [0.2, 0.25) is 0 Å². The number of hydrogen-bond donors (Lipinski definition) is 1. The van der Waals surface area contributed by atoms with E-state index in [2.05, 4.69) is 44.9 Å². The molecule has 0 atom stereocenters. The van der Waals surface area contributed by atoms with Crippen LogP contribution in [0.1, 0.15) is 13.8 Å². The molecule has 1 aromatic heterocycles. The summed E-state index contributed by atoms with van der Waals surface area (Å²) >= 11 is 4.97. The summed E-state index contributed by atoms with van der Waals surface area (Å²) in [7, 11) is 1.27. The number of carbonyl (C=O) groups excluding carboxylic acids is 1. The Hall–Kier alpha value is -1.02. The number of hydrogen-bond acceptors (Lipinski definition) is 6. The number of rotatable bonds is 6. The van der Waals surface area contributed by atoms with Gasteiger partial charge in [-0.1, -0.05) is 0 Å². The standard InChI is InChI=1S/C12H18BrN3O3S/c1-12(2,20-4)7-14-8-5-15-16(6-9(17)19-3)11(18)10(8)13/h5,14H,6-7H2,1-4H3. The highest BCUT2D eigenvalue weighted by Crippen LogP contribution is 2.23. The highest BCUT2D eigenvalue weighted by molar-refractivity contribution is 9.10. The van der Waals surface area contributed by atoms with Crippen molar-refractivity contribution in [2.45, 2.75) is 25.1 Å². The maximum atomic E-state index is 12.0. The van der Waals surface area contributed by atoms with E-state index in [1.165, 1.54) is 13.3 Å². The molecule has 112 valence electrons. The Kier molecular flexibility index (Phi) is 6.07. The third kappa shape index (κ3) is 4.52. The van der Waals surface area contributed by atoms with Gasteiger partial charge in [-0.2, -0.15) is 16.9 Å². The van der Waals surface area contributed by atoms with E-state index in [0.717, 1.165) is 4.68 Å². The molecule has 0 spiro atoms. The van der Waals surface area contributed by atoms with Gasteiger partial charge in [0.05, 0.1) is 19.0 Å². The van der Waals surface area contributed by atoms with Gasteiger partial charge in [0.2, 0.25) is 0 Å². The molecule has 1 aromatic rings. The molecule has 6 nitrogen and oxygen atoms in total. The first-order valence-corrected chi connectivity index (χ1v) is 7.94. The summed E-state index contributed by atoms with van der Waals surface area (Å²) in [5.41, 5.74) is 0.237. The van der Waals surface area contributed by atoms with Crippen LogP contribution in [0.5, 0.6) is 0 Å². The van der Waals surface area contributed by atoms with Crippen LogP contribution >= 0.6 is 27.7 Å². The van der Waals surface area contributed by atoms with Gasteiger partial charge < -0.3 is 10.1 Å². The fourth-order valence-electron chi connectivity index (χ4n) is 1.27. The smallest absolute Gasteiger partial charge is 0.327 e. The first kappa shape index (κ1) is 17.0. The molecule has 0 bridgehead atoms. The minimum atomic E-state index is -0.518. The van der Waals surface area contributed by atoms with Crippen LogP contribution in [-0.4, -0.2) is 40.4 Å². The van der Waals surface area contributed by atoms with Gasteiger partial charge in [0.1, 0.15) is 11.0 Å². The molecule has 8 heteroatoms. The summed E-state index contributed by atoms with van der Waals surface area (Å²) < 4.78 is 5.97. The second-order valence-corrected chi connectivity index (χ2v) is 7.03. The fraction of sp³-hybridized carbons (Fsp3) is 0.583. The minimum absolute atomic E-state index is 0.0420. The van der Waals surface area contributed by atoms with E-state index >= 15 is 0 Å². The molecule has 0 saturated heterocycles. The van der Waals surface area contributed by atoms with Gasteiger partial charge >= 0.3 is 5.97 Å². The van der Waals surface area contributed by atoms with Gasteiger partial charge in [-0.25, -0.2) is 4.68 Å². The highest BCUT2D eigenvalue weighted by Gasteiger charge is 2.17. The van der Waals surface area contributed by atoms with Crippen molar-refractivity contribution in [1.82, 2.24) is 9.78 Å². The average Bonchev–Trinajstić information content (AvgIpc) is 2.43. The van der Waals surface area contributed by atoms with Gasteiger partial charge in [-0.05, 0) is 36.0 Å². The lowest BCUT2D eigenvalue weighted by molar-refractivity contribution is -0.141. The summed E-state index contributed by atoms with van der Waals surface area (Å²) in [6, 6.07) is 0. The van der Waals surface area contributed by atoms with Crippen molar-refractivity contribution in [3.63, 3.8) is 0 Å². The van der Waals surface area contributed by atoms with Crippen LogP contribution < -0.4 is 10.9 Å². The molecular weight excluding hydrogens is 346 g/mol.